The highest BCUT2D eigenvalue weighted by molar-refractivity contribution is 6.35. The molecule has 1 saturated heterocycles. The van der Waals surface area contributed by atoms with E-state index in [9.17, 15) is 9.59 Å². The molecule has 2 atom stereocenters. The van der Waals surface area contributed by atoms with Gasteiger partial charge in [0.25, 0.3) is 5.91 Å². The van der Waals surface area contributed by atoms with E-state index in [1.54, 1.807) is 25.2 Å². The molecule has 0 radical (unpaired) electrons. The molecule has 21 heavy (non-hydrogen) atoms. The third-order valence-electron chi connectivity index (χ3n) is 3.37. The van der Waals surface area contributed by atoms with Gasteiger partial charge in [-0.05, 0) is 30.5 Å². The van der Waals surface area contributed by atoms with Crippen molar-refractivity contribution in [2.75, 3.05) is 7.05 Å². The van der Waals surface area contributed by atoms with E-state index < -0.39 is 18.2 Å². The van der Waals surface area contributed by atoms with E-state index in [1.807, 2.05) is 0 Å². The average molecular weight is 332 g/mol. The van der Waals surface area contributed by atoms with Crippen molar-refractivity contribution >= 4 is 35.1 Å². The number of carbonyl (C=O) groups is 2. The smallest absolute Gasteiger partial charge is 0.332 e. The van der Waals surface area contributed by atoms with E-state index in [-0.39, 0.29) is 5.91 Å². The summed E-state index contributed by atoms with van der Waals surface area (Å²) in [4.78, 5) is 24.5. The molecule has 1 fully saturated rings. The van der Waals surface area contributed by atoms with E-state index in [1.165, 1.54) is 4.90 Å². The first kappa shape index (κ1) is 16.1. The van der Waals surface area contributed by atoms with Gasteiger partial charge in [-0.2, -0.15) is 0 Å². The lowest BCUT2D eigenvalue weighted by atomic mass is 10.1. The third-order valence-corrected chi connectivity index (χ3v) is 3.96. The highest BCUT2D eigenvalue weighted by Crippen LogP contribution is 2.24. The minimum Gasteiger partial charge on any atom is -0.479 e. The topological polar surface area (TPSA) is 66.8 Å². The highest BCUT2D eigenvalue weighted by Gasteiger charge is 2.36. The van der Waals surface area contributed by atoms with Crippen LogP contribution in [0.15, 0.2) is 18.2 Å². The summed E-state index contributed by atoms with van der Waals surface area (Å²) in [6.45, 7) is 0.312. The number of benzene rings is 1. The number of amides is 1. The molecule has 0 bridgehead atoms. The van der Waals surface area contributed by atoms with Crippen LogP contribution in [0.25, 0.3) is 0 Å². The van der Waals surface area contributed by atoms with Gasteiger partial charge in [-0.1, -0.05) is 29.3 Å². The van der Waals surface area contributed by atoms with E-state index in [2.05, 4.69) is 0 Å². The van der Waals surface area contributed by atoms with Crippen molar-refractivity contribution < 1.29 is 19.4 Å². The fraction of sp³-hybridized carbons (Fsp3) is 0.429. The van der Waals surface area contributed by atoms with Crippen molar-refractivity contribution in [3.05, 3.63) is 33.8 Å². The summed E-state index contributed by atoms with van der Waals surface area (Å²) >= 11 is 11.9. The van der Waals surface area contributed by atoms with Gasteiger partial charge in [-0.25, -0.2) is 4.79 Å². The van der Waals surface area contributed by atoms with Crippen LogP contribution in [-0.2, 0) is 20.9 Å². The second kappa shape index (κ2) is 6.64. The molecule has 7 heteroatoms. The first-order valence-corrected chi connectivity index (χ1v) is 7.21. The number of halogens is 2. The number of carboxylic acids is 1. The van der Waals surface area contributed by atoms with Gasteiger partial charge in [0.2, 0.25) is 0 Å². The van der Waals surface area contributed by atoms with Crippen molar-refractivity contribution in [2.24, 2.45) is 0 Å². The largest absolute Gasteiger partial charge is 0.479 e. The second-order valence-electron chi connectivity index (χ2n) is 4.96. The van der Waals surface area contributed by atoms with E-state index in [0.717, 1.165) is 5.56 Å². The van der Waals surface area contributed by atoms with Gasteiger partial charge in [0.1, 0.15) is 6.10 Å². The molecule has 1 amide bonds. The lowest BCUT2D eigenvalue weighted by Crippen LogP contribution is -2.36. The third kappa shape index (κ3) is 3.87. The van der Waals surface area contributed by atoms with E-state index in [0.29, 0.717) is 29.4 Å². The predicted molar refractivity (Wildman–Crippen MR) is 78.5 cm³/mol. The van der Waals surface area contributed by atoms with Crippen LogP contribution in [0.2, 0.25) is 10.0 Å². The summed E-state index contributed by atoms with van der Waals surface area (Å²) in [6.07, 6.45) is -0.843. The number of hydrogen-bond donors (Lipinski definition) is 1. The van der Waals surface area contributed by atoms with Crippen LogP contribution in [-0.4, -0.2) is 41.1 Å². The number of nitrogens with zero attached hydrogens (tertiary/aromatic N) is 1. The standard InChI is InChI=1S/C14H15Cl2NO4/c1-17(7-8-2-3-9(15)6-10(8)16)13(18)11-4-5-12(21-11)14(19)20/h2-3,6,11-12H,4-5,7H2,1H3,(H,19,20). The molecule has 0 aliphatic carbocycles. The molecule has 114 valence electrons. The maximum absolute atomic E-state index is 12.2. The molecule has 1 aromatic rings. The molecule has 1 aliphatic rings. The molecule has 1 N–H and O–H groups in total. The molecule has 1 heterocycles. The van der Waals surface area contributed by atoms with Crippen LogP contribution in [0.3, 0.4) is 0 Å². The van der Waals surface area contributed by atoms with Gasteiger partial charge in [0.15, 0.2) is 6.10 Å². The van der Waals surface area contributed by atoms with Gasteiger partial charge in [-0.3, -0.25) is 4.79 Å². The summed E-state index contributed by atoms with van der Waals surface area (Å²) < 4.78 is 5.25. The summed E-state index contributed by atoms with van der Waals surface area (Å²) in [5.41, 5.74) is 0.768. The Labute approximate surface area is 132 Å². The number of aliphatic carboxylic acids is 1. The van der Waals surface area contributed by atoms with Crippen molar-refractivity contribution in [3.8, 4) is 0 Å². The predicted octanol–water partition coefficient (Wildman–Crippen LogP) is 2.58. The Hall–Kier alpha value is -1.30. The summed E-state index contributed by atoms with van der Waals surface area (Å²) in [7, 11) is 1.63. The molecule has 0 saturated carbocycles. The van der Waals surface area contributed by atoms with E-state index >= 15 is 0 Å². The van der Waals surface area contributed by atoms with Crippen LogP contribution in [0.5, 0.6) is 0 Å². The minimum absolute atomic E-state index is 0.246. The molecule has 2 rings (SSSR count). The Kier molecular flexibility index (Phi) is 5.08. The SMILES string of the molecule is CN(Cc1ccc(Cl)cc1Cl)C(=O)C1CCC(C(=O)O)O1. The van der Waals surface area contributed by atoms with Crippen LogP contribution >= 0.6 is 23.2 Å². The number of ether oxygens (including phenoxy) is 1. The Bertz CT molecular complexity index is 564. The van der Waals surface area contributed by atoms with Gasteiger partial charge >= 0.3 is 5.97 Å². The Morgan fingerprint density at radius 1 is 1.33 bits per heavy atom. The quantitative estimate of drug-likeness (QED) is 0.920. The Morgan fingerprint density at radius 3 is 2.57 bits per heavy atom. The summed E-state index contributed by atoms with van der Waals surface area (Å²) in [6, 6.07) is 5.07. The maximum Gasteiger partial charge on any atom is 0.332 e. The first-order chi connectivity index (χ1) is 9.88. The zero-order chi connectivity index (χ0) is 15.6. The van der Waals surface area contributed by atoms with Crippen LogP contribution in [0.4, 0.5) is 0 Å². The van der Waals surface area contributed by atoms with Gasteiger partial charge in [0.05, 0.1) is 0 Å². The normalized spacial score (nSPS) is 21.3. The lowest BCUT2D eigenvalue weighted by Gasteiger charge is -2.21. The van der Waals surface area contributed by atoms with Crippen molar-refractivity contribution in [3.63, 3.8) is 0 Å². The summed E-state index contributed by atoms with van der Waals surface area (Å²) in [5.74, 6) is -1.28. The molecule has 5 nitrogen and oxygen atoms in total. The first-order valence-electron chi connectivity index (χ1n) is 6.45. The zero-order valence-electron chi connectivity index (χ0n) is 11.4. The average Bonchev–Trinajstić information content (AvgIpc) is 2.90. The van der Waals surface area contributed by atoms with E-state index in [4.69, 9.17) is 33.0 Å². The molecule has 2 unspecified atom stereocenters. The van der Waals surface area contributed by atoms with Crippen molar-refractivity contribution in [1.82, 2.24) is 4.90 Å². The number of hydrogen-bond acceptors (Lipinski definition) is 3. The summed E-state index contributed by atoms with van der Waals surface area (Å²) in [5, 5.41) is 9.88. The fourth-order valence-corrected chi connectivity index (χ4v) is 2.70. The van der Waals surface area contributed by atoms with Crippen molar-refractivity contribution in [1.29, 1.82) is 0 Å². The van der Waals surface area contributed by atoms with Gasteiger partial charge in [-0.15, -0.1) is 0 Å². The zero-order valence-corrected chi connectivity index (χ0v) is 12.9. The molecular weight excluding hydrogens is 317 g/mol. The van der Waals surface area contributed by atoms with Gasteiger partial charge < -0.3 is 14.7 Å². The second-order valence-corrected chi connectivity index (χ2v) is 5.80. The Balaban J connectivity index is 1.98. The molecule has 1 aliphatic heterocycles. The monoisotopic (exact) mass is 331 g/mol. The Morgan fingerprint density at radius 2 is 2.00 bits per heavy atom. The number of carbonyl (C=O) groups excluding carboxylic acids is 1. The van der Waals surface area contributed by atoms with Crippen molar-refractivity contribution in [2.45, 2.75) is 31.6 Å². The molecule has 0 spiro atoms. The van der Waals surface area contributed by atoms with Crippen LogP contribution in [0, 0.1) is 0 Å². The number of likely N-dealkylation sites (N-methyl/N-ethyl adjacent to an activating group) is 1. The maximum atomic E-state index is 12.2. The minimum atomic E-state index is -1.03. The number of carboxylic acid groups (broad SMARTS) is 1. The van der Waals surface area contributed by atoms with Crippen LogP contribution < -0.4 is 0 Å². The molecule has 0 aromatic heterocycles. The lowest BCUT2D eigenvalue weighted by molar-refractivity contribution is -0.154. The molecular formula is C14H15Cl2NO4. The van der Waals surface area contributed by atoms with Gasteiger partial charge in [0, 0.05) is 23.6 Å². The molecule has 1 aromatic carbocycles. The fourth-order valence-electron chi connectivity index (χ4n) is 2.23. The van der Waals surface area contributed by atoms with Crippen LogP contribution in [0.1, 0.15) is 18.4 Å². The number of rotatable bonds is 4. The highest BCUT2D eigenvalue weighted by atomic mass is 35.5.